The lowest BCUT2D eigenvalue weighted by Crippen LogP contribution is -2.44. The maximum absolute atomic E-state index is 13.8. The lowest BCUT2D eigenvalue weighted by atomic mass is 9.78. The predicted molar refractivity (Wildman–Crippen MR) is 170 cm³/mol. The molecular weight excluding hydrogens is 610 g/mol. The molecule has 0 aromatic heterocycles. The van der Waals surface area contributed by atoms with E-state index in [1.54, 1.807) is 39.8 Å². The van der Waals surface area contributed by atoms with Crippen molar-refractivity contribution in [2.75, 3.05) is 7.11 Å². The number of carbonyl (C=O) groups excluding carboxylic acids is 4. The van der Waals surface area contributed by atoms with Gasteiger partial charge in [0.1, 0.15) is 11.5 Å². The van der Waals surface area contributed by atoms with Gasteiger partial charge in [-0.25, -0.2) is 0 Å². The molecule has 5 rings (SSSR count). The number of hydrogen-bond donors (Lipinski definition) is 5. The van der Waals surface area contributed by atoms with Crippen molar-refractivity contribution in [3.8, 4) is 11.5 Å². The van der Waals surface area contributed by atoms with Crippen LogP contribution in [0.1, 0.15) is 78.2 Å². The summed E-state index contributed by atoms with van der Waals surface area (Å²) in [5.74, 6) is -8.23. The van der Waals surface area contributed by atoms with E-state index in [2.05, 4.69) is 5.32 Å². The highest BCUT2D eigenvalue weighted by atomic mass is 16.7. The Balaban J connectivity index is 1.80. The summed E-state index contributed by atoms with van der Waals surface area (Å²) in [6.07, 6.45) is 4.25. The Hall–Kier alpha value is -4.10. The Kier molecular flexibility index (Phi) is 10.3. The minimum absolute atomic E-state index is 0.0217. The lowest BCUT2D eigenvalue weighted by Gasteiger charge is -2.36. The molecule has 0 saturated heterocycles. The Morgan fingerprint density at radius 3 is 2.13 bits per heavy atom. The van der Waals surface area contributed by atoms with Gasteiger partial charge in [-0.2, -0.15) is 0 Å². The number of rotatable bonds is 1. The van der Waals surface area contributed by atoms with E-state index in [1.807, 2.05) is 0 Å². The smallest absolute Gasteiger partial charge is 0.312 e. The topological polar surface area (TPSA) is 189 Å². The van der Waals surface area contributed by atoms with Crippen molar-refractivity contribution in [3.05, 3.63) is 70.2 Å². The highest BCUT2D eigenvalue weighted by Crippen LogP contribution is 2.47. The second kappa shape index (κ2) is 13.6. The number of allylic oxidation sites excluding steroid dienone is 4. The molecule has 0 saturated carbocycles. The van der Waals surface area contributed by atoms with E-state index in [9.17, 15) is 39.6 Å². The first-order valence-electron chi connectivity index (χ1n) is 15.5. The zero-order valence-electron chi connectivity index (χ0n) is 27.7. The van der Waals surface area contributed by atoms with Crippen molar-refractivity contribution in [2.24, 2.45) is 23.7 Å². The molecule has 9 atom stereocenters. The van der Waals surface area contributed by atoms with E-state index in [0.29, 0.717) is 0 Å². The van der Waals surface area contributed by atoms with Crippen LogP contribution >= 0.6 is 0 Å². The molecule has 0 spiro atoms. The first kappa shape index (κ1) is 35.7. The molecule has 1 aromatic rings. The van der Waals surface area contributed by atoms with Gasteiger partial charge in [-0.15, -0.1) is 0 Å². The third-order valence-electron chi connectivity index (χ3n) is 9.54. The van der Waals surface area contributed by atoms with Crippen molar-refractivity contribution in [2.45, 2.75) is 78.7 Å². The molecule has 1 aromatic carbocycles. The van der Waals surface area contributed by atoms with Crippen molar-refractivity contribution in [3.63, 3.8) is 0 Å². The largest absolute Gasteiger partial charge is 0.507 e. The van der Waals surface area contributed by atoms with E-state index in [4.69, 9.17) is 14.2 Å². The molecule has 0 fully saturated rings. The fourth-order valence-electron chi connectivity index (χ4n) is 6.23. The summed E-state index contributed by atoms with van der Waals surface area (Å²) in [6, 6.07) is 0. The van der Waals surface area contributed by atoms with Crippen LogP contribution in [0.5, 0.6) is 11.5 Å². The Bertz CT molecular complexity index is 1600. The van der Waals surface area contributed by atoms with E-state index < -0.39 is 88.4 Å². The summed E-state index contributed by atoms with van der Waals surface area (Å²) in [4.78, 5) is 53.7. The molecule has 12 nitrogen and oxygen atoms in total. The van der Waals surface area contributed by atoms with Gasteiger partial charge in [0.25, 0.3) is 11.7 Å². The number of fused-ring (bicyclic) bond motifs is 14. The summed E-state index contributed by atoms with van der Waals surface area (Å²) >= 11 is 0. The van der Waals surface area contributed by atoms with E-state index in [1.165, 1.54) is 46.3 Å². The second-order valence-electron chi connectivity index (χ2n) is 12.8. The Morgan fingerprint density at radius 2 is 1.49 bits per heavy atom. The third kappa shape index (κ3) is 6.42. The first-order valence-corrected chi connectivity index (χ1v) is 15.5. The lowest BCUT2D eigenvalue weighted by molar-refractivity contribution is -0.116. The fourth-order valence-corrected chi connectivity index (χ4v) is 6.23. The van der Waals surface area contributed by atoms with Crippen molar-refractivity contribution in [1.29, 1.82) is 0 Å². The van der Waals surface area contributed by atoms with Crippen LogP contribution in [0.2, 0.25) is 0 Å². The summed E-state index contributed by atoms with van der Waals surface area (Å²) in [5, 5.41) is 46.8. The minimum Gasteiger partial charge on any atom is -0.507 e. The van der Waals surface area contributed by atoms with Crippen LogP contribution in [0.3, 0.4) is 0 Å². The second-order valence-corrected chi connectivity index (χ2v) is 12.8. The molecule has 254 valence electrons. The number of carbonyl (C=O) groups is 4. The van der Waals surface area contributed by atoms with Gasteiger partial charge < -0.3 is 40.0 Å². The van der Waals surface area contributed by atoms with Crippen molar-refractivity contribution < 1.29 is 53.8 Å². The first-order chi connectivity index (χ1) is 22.0. The van der Waals surface area contributed by atoms with Gasteiger partial charge in [0.05, 0.1) is 53.1 Å². The quantitative estimate of drug-likeness (QED) is 0.300. The number of hydrogen-bond acceptors (Lipinski definition) is 11. The van der Waals surface area contributed by atoms with Crippen molar-refractivity contribution >= 4 is 23.3 Å². The number of Topliss-reactive ketones (excluding diaryl/α,β-unsaturated/α-hetero) is 2. The molecule has 1 aliphatic carbocycles. The summed E-state index contributed by atoms with van der Waals surface area (Å²) < 4.78 is 17.2. The summed E-state index contributed by atoms with van der Waals surface area (Å²) in [7, 11) is 1.42. The molecule has 9 unspecified atom stereocenters. The molecule has 47 heavy (non-hydrogen) atoms. The Morgan fingerprint density at radius 1 is 0.872 bits per heavy atom. The van der Waals surface area contributed by atoms with E-state index >= 15 is 0 Å². The van der Waals surface area contributed by atoms with Crippen LogP contribution < -0.4 is 10.1 Å². The molecule has 3 aliphatic heterocycles. The summed E-state index contributed by atoms with van der Waals surface area (Å²) in [5.41, 5.74) is -1.24. The van der Waals surface area contributed by atoms with Crippen LogP contribution in [0, 0.1) is 30.6 Å². The molecule has 0 radical (unpaired) electrons. The number of benzene rings is 1. The van der Waals surface area contributed by atoms with Gasteiger partial charge in [0.15, 0.2) is 5.78 Å². The van der Waals surface area contributed by atoms with Gasteiger partial charge in [-0.3, -0.25) is 19.2 Å². The molecule has 5 bridgehead atoms. The number of methoxy groups -OCH3 is 1. The van der Waals surface area contributed by atoms with Crippen LogP contribution in [-0.2, 0) is 14.3 Å². The van der Waals surface area contributed by atoms with Crippen LogP contribution in [-0.4, -0.2) is 81.0 Å². The van der Waals surface area contributed by atoms with E-state index in [-0.39, 0.29) is 33.7 Å². The highest BCUT2D eigenvalue weighted by Gasteiger charge is 2.51. The molecule has 12 heteroatoms. The number of aliphatic hydroxyl groups excluding tert-OH is 3. The number of aromatic hydroxyl groups is 1. The zero-order valence-corrected chi connectivity index (χ0v) is 27.7. The number of aliphatic hydroxyl groups is 3. The van der Waals surface area contributed by atoms with Crippen molar-refractivity contribution in [1.82, 2.24) is 5.32 Å². The molecule has 3 heterocycles. The van der Waals surface area contributed by atoms with Gasteiger partial charge in [-0.1, -0.05) is 45.9 Å². The monoisotopic (exact) mass is 653 g/mol. The van der Waals surface area contributed by atoms with Gasteiger partial charge in [-0.05, 0) is 19.9 Å². The highest BCUT2D eigenvalue weighted by molar-refractivity contribution is 6.30. The third-order valence-corrected chi connectivity index (χ3v) is 9.54. The number of ketones is 3. The average Bonchev–Trinajstić information content (AvgIpc) is 3.30. The molecule has 1 amide bonds. The molecule has 4 aliphatic rings. The maximum Gasteiger partial charge on any atom is 0.312 e. The summed E-state index contributed by atoms with van der Waals surface area (Å²) in [6.45, 7) is 11.0. The molecular formula is C35H43NO11. The SMILES string of the molecule is COC1C=COC2(C)Oc3c(C)c(O)c4c(c3C2=O)C(=O)C=C(NC(=O)C(C)=CC=CC(C)C(O)C(C)C(O)C(C)C(O)C1C)C4=O. The van der Waals surface area contributed by atoms with Crippen LogP contribution in [0.4, 0.5) is 0 Å². The van der Waals surface area contributed by atoms with Gasteiger partial charge in [0.2, 0.25) is 5.78 Å². The van der Waals surface area contributed by atoms with Crippen LogP contribution in [0.15, 0.2) is 47.9 Å². The van der Waals surface area contributed by atoms with Gasteiger partial charge in [0, 0.05) is 54.9 Å². The zero-order chi connectivity index (χ0) is 35.1. The standard InChI is InChI=1S/C35H43NO11/c1-15-10-9-11-16(2)34(44)36-21-14-22(37)24-25(31(21)42)30(41)20(6)32-26(24)33(43)35(7,47-32)46-13-12-23(45-8)17(3)28(39)19(5)29(40)18(4)27(15)38/h9-15,17-19,23,27-29,38-41H,1-8H3,(H,36,44). The van der Waals surface area contributed by atoms with E-state index in [0.717, 1.165) is 6.08 Å². The maximum atomic E-state index is 13.8. The fraction of sp³-hybridized carbons (Fsp3) is 0.486. The number of amides is 1. The number of nitrogens with one attached hydrogen (secondary N) is 1. The molecule has 5 N–H and O–H groups in total. The number of ether oxygens (including phenoxy) is 3. The predicted octanol–water partition coefficient (Wildman–Crippen LogP) is 3.06. The minimum atomic E-state index is -2.00. The average molecular weight is 654 g/mol. The number of phenols is 1. The van der Waals surface area contributed by atoms with Crippen LogP contribution in [0.25, 0.3) is 0 Å². The number of phenolic OH excluding ortho intramolecular Hbond substituents is 1. The van der Waals surface area contributed by atoms with Gasteiger partial charge >= 0.3 is 5.79 Å². The normalized spacial score (nSPS) is 33.6. The Labute approximate surface area is 273 Å².